The Kier molecular flexibility index (Phi) is 2.60. The average molecular weight is 149 g/mol. The van der Waals surface area contributed by atoms with Crippen LogP contribution < -0.4 is 5.32 Å². The first-order valence-electron chi connectivity index (χ1n) is 3.74. The summed E-state index contributed by atoms with van der Waals surface area (Å²) in [7, 11) is 0. The Morgan fingerprint density at radius 2 is 2.00 bits per heavy atom. The fourth-order valence-corrected chi connectivity index (χ4v) is 1.02. The van der Waals surface area contributed by atoms with Gasteiger partial charge >= 0.3 is 0 Å². The van der Waals surface area contributed by atoms with Crippen LogP contribution in [0.2, 0.25) is 0 Å². The Bertz CT molecular complexity index is 102. The smallest absolute Gasteiger partial charge is 0.253 e. The summed E-state index contributed by atoms with van der Waals surface area (Å²) in [5, 5.41) is 2.87. The number of hydrogen-bond donors (Lipinski definition) is 1. The van der Waals surface area contributed by atoms with E-state index < -0.39 is 12.5 Å². The van der Waals surface area contributed by atoms with Gasteiger partial charge in [-0.15, -0.1) is 0 Å². The van der Waals surface area contributed by atoms with Gasteiger partial charge in [-0.25, -0.2) is 8.78 Å². The summed E-state index contributed by atoms with van der Waals surface area (Å²) in [5.74, 6) is 0. The zero-order valence-corrected chi connectivity index (χ0v) is 6.11. The van der Waals surface area contributed by atoms with Crippen LogP contribution in [0, 0.1) is 0 Å². The Morgan fingerprint density at radius 1 is 1.40 bits per heavy atom. The van der Waals surface area contributed by atoms with Crippen molar-refractivity contribution in [2.24, 2.45) is 0 Å². The quantitative estimate of drug-likeness (QED) is 0.645. The largest absolute Gasteiger partial charge is 0.306 e. The zero-order valence-electron chi connectivity index (χ0n) is 6.11. The predicted molar refractivity (Wildman–Crippen MR) is 36.2 cm³/mol. The second-order valence-corrected chi connectivity index (χ2v) is 2.92. The van der Waals surface area contributed by atoms with Crippen molar-refractivity contribution in [3.8, 4) is 0 Å². The Labute approximate surface area is 59.8 Å². The van der Waals surface area contributed by atoms with Gasteiger partial charge in [0.1, 0.15) is 0 Å². The van der Waals surface area contributed by atoms with E-state index in [1.54, 1.807) is 0 Å². The first-order chi connectivity index (χ1) is 4.70. The summed E-state index contributed by atoms with van der Waals surface area (Å²) in [6.45, 7) is 1.53. The average Bonchev–Trinajstić information content (AvgIpc) is 1.77. The topological polar surface area (TPSA) is 12.0 Å². The molecule has 0 heterocycles. The Balaban J connectivity index is 2.10. The molecule has 1 fully saturated rings. The van der Waals surface area contributed by atoms with Gasteiger partial charge in [-0.05, 0) is 19.8 Å². The van der Waals surface area contributed by atoms with E-state index in [1.807, 2.05) is 0 Å². The third-order valence-electron chi connectivity index (χ3n) is 1.98. The van der Waals surface area contributed by atoms with Gasteiger partial charge in [0, 0.05) is 6.04 Å². The van der Waals surface area contributed by atoms with Crippen molar-refractivity contribution in [1.29, 1.82) is 0 Å². The fourth-order valence-electron chi connectivity index (χ4n) is 1.02. The van der Waals surface area contributed by atoms with Gasteiger partial charge in [0.15, 0.2) is 0 Å². The van der Waals surface area contributed by atoms with E-state index in [0.717, 1.165) is 12.8 Å². The highest BCUT2D eigenvalue weighted by Crippen LogP contribution is 2.19. The van der Waals surface area contributed by atoms with Crippen molar-refractivity contribution in [3.63, 3.8) is 0 Å². The van der Waals surface area contributed by atoms with E-state index in [1.165, 1.54) is 13.3 Å². The minimum absolute atomic E-state index is 0.365. The molecule has 0 saturated heterocycles. The molecule has 1 rings (SSSR count). The number of nitrogens with one attached hydrogen (secondary N) is 1. The van der Waals surface area contributed by atoms with Gasteiger partial charge in [-0.3, -0.25) is 0 Å². The van der Waals surface area contributed by atoms with E-state index in [2.05, 4.69) is 5.32 Å². The lowest BCUT2D eigenvalue weighted by Gasteiger charge is -2.29. The molecular formula is C7H13F2N. The van der Waals surface area contributed by atoms with Crippen molar-refractivity contribution in [2.45, 2.75) is 44.7 Å². The van der Waals surface area contributed by atoms with Crippen molar-refractivity contribution in [3.05, 3.63) is 0 Å². The van der Waals surface area contributed by atoms with Gasteiger partial charge in [0.2, 0.25) is 0 Å². The van der Waals surface area contributed by atoms with Gasteiger partial charge in [0.25, 0.3) is 6.43 Å². The van der Waals surface area contributed by atoms with Crippen molar-refractivity contribution < 1.29 is 8.78 Å². The van der Waals surface area contributed by atoms with E-state index in [0.29, 0.717) is 6.04 Å². The normalized spacial score (nSPS) is 22.8. The molecule has 1 aliphatic rings. The predicted octanol–water partition coefficient (Wildman–Crippen LogP) is 1.78. The number of halogens is 2. The van der Waals surface area contributed by atoms with Crippen LogP contribution in [-0.4, -0.2) is 18.5 Å². The lowest BCUT2D eigenvalue weighted by atomic mass is 9.92. The van der Waals surface area contributed by atoms with Gasteiger partial charge in [-0.1, -0.05) is 6.42 Å². The van der Waals surface area contributed by atoms with Crippen molar-refractivity contribution in [2.75, 3.05) is 0 Å². The summed E-state index contributed by atoms with van der Waals surface area (Å²) in [6, 6.07) is -0.269. The molecule has 0 aromatic heterocycles. The molecule has 0 aromatic carbocycles. The molecule has 1 N–H and O–H groups in total. The molecule has 0 spiro atoms. The van der Waals surface area contributed by atoms with E-state index in [4.69, 9.17) is 0 Å². The molecule has 0 bridgehead atoms. The first kappa shape index (κ1) is 7.92. The molecule has 3 heteroatoms. The van der Waals surface area contributed by atoms with E-state index in [9.17, 15) is 8.78 Å². The molecule has 0 aromatic rings. The van der Waals surface area contributed by atoms with E-state index in [-0.39, 0.29) is 0 Å². The van der Waals surface area contributed by atoms with E-state index >= 15 is 0 Å². The van der Waals surface area contributed by atoms with Crippen LogP contribution in [0.5, 0.6) is 0 Å². The standard InChI is InChI=1S/C7H13F2N/c1-5(7(8)9)10-6-3-2-4-6/h5-7,10H,2-4H2,1H3. The second-order valence-electron chi connectivity index (χ2n) is 2.92. The maximum atomic E-state index is 11.9. The van der Waals surface area contributed by atoms with Gasteiger partial charge in [-0.2, -0.15) is 0 Å². The van der Waals surface area contributed by atoms with Crippen molar-refractivity contribution >= 4 is 0 Å². The third-order valence-corrected chi connectivity index (χ3v) is 1.98. The Morgan fingerprint density at radius 3 is 2.30 bits per heavy atom. The zero-order chi connectivity index (χ0) is 7.56. The molecular weight excluding hydrogens is 136 g/mol. The van der Waals surface area contributed by atoms with Crippen LogP contribution in [0.4, 0.5) is 8.78 Å². The van der Waals surface area contributed by atoms with Crippen molar-refractivity contribution in [1.82, 2.24) is 5.32 Å². The second kappa shape index (κ2) is 3.28. The summed E-state index contributed by atoms with van der Waals surface area (Å²) in [4.78, 5) is 0. The highest BCUT2D eigenvalue weighted by atomic mass is 19.3. The molecule has 0 radical (unpaired) electrons. The lowest BCUT2D eigenvalue weighted by Crippen LogP contribution is -2.44. The molecule has 1 saturated carbocycles. The summed E-state index contributed by atoms with van der Waals surface area (Å²) < 4.78 is 23.8. The molecule has 1 unspecified atom stereocenters. The number of rotatable bonds is 3. The number of hydrogen-bond acceptors (Lipinski definition) is 1. The summed E-state index contributed by atoms with van der Waals surface area (Å²) >= 11 is 0. The maximum absolute atomic E-state index is 11.9. The monoisotopic (exact) mass is 149 g/mol. The molecule has 1 nitrogen and oxygen atoms in total. The maximum Gasteiger partial charge on any atom is 0.253 e. The summed E-state index contributed by atoms with van der Waals surface area (Å²) in [6.07, 6.45) is 1.10. The van der Waals surface area contributed by atoms with Crippen LogP contribution in [0.15, 0.2) is 0 Å². The first-order valence-corrected chi connectivity index (χ1v) is 3.74. The summed E-state index contributed by atoms with van der Waals surface area (Å²) in [5.41, 5.74) is 0. The number of alkyl halides is 2. The SMILES string of the molecule is CC(NC1CCC1)C(F)F. The minimum atomic E-state index is -2.22. The van der Waals surface area contributed by atoms with Gasteiger partial charge in [0.05, 0.1) is 6.04 Å². The molecule has 1 atom stereocenters. The third kappa shape index (κ3) is 1.90. The lowest BCUT2D eigenvalue weighted by molar-refractivity contribution is 0.0923. The molecule has 60 valence electrons. The highest BCUT2D eigenvalue weighted by molar-refractivity contribution is 4.79. The van der Waals surface area contributed by atoms with Gasteiger partial charge < -0.3 is 5.32 Å². The Hall–Kier alpha value is -0.180. The molecule has 1 aliphatic carbocycles. The molecule has 0 aliphatic heterocycles. The minimum Gasteiger partial charge on any atom is -0.306 e. The molecule has 0 amide bonds. The van der Waals surface area contributed by atoms with Crippen LogP contribution in [0.25, 0.3) is 0 Å². The van der Waals surface area contributed by atoms with Crippen LogP contribution in [0.3, 0.4) is 0 Å². The van der Waals surface area contributed by atoms with Crippen LogP contribution >= 0.6 is 0 Å². The highest BCUT2D eigenvalue weighted by Gasteiger charge is 2.22. The van der Waals surface area contributed by atoms with Crippen LogP contribution in [-0.2, 0) is 0 Å². The molecule has 10 heavy (non-hydrogen) atoms. The fraction of sp³-hybridized carbons (Fsp3) is 1.00. The van der Waals surface area contributed by atoms with Crippen LogP contribution in [0.1, 0.15) is 26.2 Å².